The van der Waals surface area contributed by atoms with E-state index in [2.05, 4.69) is 15.9 Å². The van der Waals surface area contributed by atoms with Crippen molar-refractivity contribution < 1.29 is 9.21 Å². The number of aryl methyl sites for hydroxylation is 1. The van der Waals surface area contributed by atoms with Crippen molar-refractivity contribution in [2.45, 2.75) is 19.8 Å². The van der Waals surface area contributed by atoms with Crippen molar-refractivity contribution in [1.82, 2.24) is 0 Å². The number of halogens is 1. The molecule has 1 unspecified atom stereocenters. The van der Waals surface area contributed by atoms with Crippen LogP contribution in [0.2, 0.25) is 0 Å². The summed E-state index contributed by atoms with van der Waals surface area (Å²) in [4.78, 5) is 10.8. The van der Waals surface area contributed by atoms with Crippen molar-refractivity contribution in [1.29, 1.82) is 0 Å². The molecule has 1 heterocycles. The summed E-state index contributed by atoms with van der Waals surface area (Å²) < 4.78 is 5.21. The van der Waals surface area contributed by atoms with Crippen molar-refractivity contribution in [2.75, 3.05) is 0 Å². The Morgan fingerprint density at radius 3 is 2.64 bits per heavy atom. The zero-order valence-electron chi connectivity index (χ0n) is 6.43. The number of furan rings is 1. The monoisotopic (exact) mass is 216 g/mol. The second-order valence-electron chi connectivity index (χ2n) is 2.47. The zero-order chi connectivity index (χ0) is 8.43. The molecule has 1 aromatic heterocycles. The van der Waals surface area contributed by atoms with Gasteiger partial charge in [-0.3, -0.25) is 4.79 Å². The molecule has 1 atom stereocenters. The Kier molecular flexibility index (Phi) is 2.49. The zero-order valence-corrected chi connectivity index (χ0v) is 8.01. The fourth-order valence-corrected chi connectivity index (χ4v) is 1.02. The van der Waals surface area contributed by atoms with Crippen LogP contribution in [0.1, 0.15) is 24.4 Å². The van der Waals surface area contributed by atoms with E-state index in [9.17, 15) is 4.79 Å². The van der Waals surface area contributed by atoms with Gasteiger partial charge in [-0.05, 0) is 41.9 Å². The lowest BCUT2D eigenvalue weighted by atomic mass is 10.1. The van der Waals surface area contributed by atoms with Crippen LogP contribution in [0.5, 0.6) is 0 Å². The maximum Gasteiger partial charge on any atom is 0.208 e. The molecule has 0 aliphatic rings. The molecule has 1 aromatic rings. The molecule has 0 saturated carbocycles. The van der Waals surface area contributed by atoms with E-state index >= 15 is 0 Å². The first-order valence-electron chi connectivity index (χ1n) is 3.37. The van der Waals surface area contributed by atoms with E-state index in [0.717, 1.165) is 5.76 Å². The fraction of sp³-hybridized carbons (Fsp3) is 0.375. The Labute approximate surface area is 73.7 Å². The summed E-state index contributed by atoms with van der Waals surface area (Å²) in [7, 11) is 0. The van der Waals surface area contributed by atoms with Crippen LogP contribution in [0.4, 0.5) is 0 Å². The van der Waals surface area contributed by atoms with Crippen LogP contribution < -0.4 is 0 Å². The lowest BCUT2D eigenvalue weighted by Crippen LogP contribution is -1.98. The highest BCUT2D eigenvalue weighted by Crippen LogP contribution is 2.20. The molecule has 0 radical (unpaired) electrons. The van der Waals surface area contributed by atoms with Gasteiger partial charge in [0.1, 0.15) is 11.5 Å². The van der Waals surface area contributed by atoms with E-state index in [1.807, 2.05) is 19.1 Å². The summed E-state index contributed by atoms with van der Waals surface area (Å²) in [5.74, 6) is 1.36. The molecule has 0 saturated heterocycles. The molecule has 0 amide bonds. The minimum atomic E-state index is -0.191. The minimum absolute atomic E-state index is 0.0492. The van der Waals surface area contributed by atoms with Gasteiger partial charge in [0.25, 0.3) is 0 Å². The molecule has 2 nitrogen and oxygen atoms in total. The van der Waals surface area contributed by atoms with E-state index in [1.165, 1.54) is 0 Å². The van der Waals surface area contributed by atoms with Crippen LogP contribution in [0.15, 0.2) is 16.5 Å². The van der Waals surface area contributed by atoms with Crippen LogP contribution >= 0.6 is 15.9 Å². The predicted octanol–water partition coefficient (Wildman–Crippen LogP) is 2.61. The normalized spacial score (nSPS) is 13.0. The summed E-state index contributed by atoms with van der Waals surface area (Å²) in [6.45, 7) is 3.66. The first-order valence-corrected chi connectivity index (χ1v) is 4.16. The molecular formula is C8H9BrO2. The van der Waals surface area contributed by atoms with Crippen molar-refractivity contribution in [3.8, 4) is 0 Å². The topological polar surface area (TPSA) is 30.2 Å². The quantitative estimate of drug-likeness (QED) is 0.712. The summed E-state index contributed by atoms with van der Waals surface area (Å²) in [6, 6.07) is 3.67. The van der Waals surface area contributed by atoms with Gasteiger partial charge in [0, 0.05) is 0 Å². The summed E-state index contributed by atoms with van der Waals surface area (Å²) >= 11 is 2.89. The van der Waals surface area contributed by atoms with Crippen molar-refractivity contribution >= 4 is 20.6 Å². The molecule has 0 aromatic carbocycles. The average molecular weight is 217 g/mol. The van der Waals surface area contributed by atoms with Crippen LogP contribution in [0.25, 0.3) is 0 Å². The lowest BCUT2D eigenvalue weighted by Gasteiger charge is -1.99. The minimum Gasteiger partial charge on any atom is -0.466 e. The van der Waals surface area contributed by atoms with Gasteiger partial charge in [-0.15, -0.1) is 0 Å². The standard InChI is InChI=1S/C8H9BrO2/c1-5-3-4-7(11-5)6(2)8(9)10/h3-4,6H,1-2H3. The summed E-state index contributed by atoms with van der Waals surface area (Å²) in [5.41, 5.74) is 0. The highest BCUT2D eigenvalue weighted by molar-refractivity contribution is 9.18. The molecular weight excluding hydrogens is 208 g/mol. The van der Waals surface area contributed by atoms with Crippen LogP contribution in [-0.2, 0) is 4.79 Å². The van der Waals surface area contributed by atoms with Crippen LogP contribution in [0, 0.1) is 6.92 Å². The molecule has 0 N–H and O–H groups in total. The highest BCUT2D eigenvalue weighted by atomic mass is 79.9. The molecule has 1 rings (SSSR count). The molecule has 0 bridgehead atoms. The lowest BCUT2D eigenvalue weighted by molar-refractivity contribution is -0.111. The van der Waals surface area contributed by atoms with Gasteiger partial charge in [0.15, 0.2) is 0 Å². The van der Waals surface area contributed by atoms with Crippen LogP contribution in [-0.4, -0.2) is 4.69 Å². The highest BCUT2D eigenvalue weighted by Gasteiger charge is 2.14. The number of carbonyl (C=O) groups is 1. The number of rotatable bonds is 2. The third kappa shape index (κ3) is 1.93. The number of hydrogen-bond acceptors (Lipinski definition) is 2. The Morgan fingerprint density at radius 2 is 2.27 bits per heavy atom. The third-order valence-corrected chi connectivity index (χ3v) is 2.22. The smallest absolute Gasteiger partial charge is 0.208 e. The van der Waals surface area contributed by atoms with Gasteiger partial charge in [-0.2, -0.15) is 0 Å². The Hall–Kier alpha value is -0.570. The van der Waals surface area contributed by atoms with Gasteiger partial charge in [-0.1, -0.05) is 0 Å². The SMILES string of the molecule is Cc1ccc(C(C)C(=O)Br)o1. The molecule has 0 aliphatic heterocycles. The maximum atomic E-state index is 10.8. The first kappa shape index (κ1) is 8.53. The van der Waals surface area contributed by atoms with E-state index in [4.69, 9.17) is 4.42 Å². The van der Waals surface area contributed by atoms with E-state index < -0.39 is 0 Å². The van der Waals surface area contributed by atoms with Gasteiger partial charge < -0.3 is 4.42 Å². The predicted molar refractivity (Wildman–Crippen MR) is 45.8 cm³/mol. The van der Waals surface area contributed by atoms with Crippen molar-refractivity contribution in [2.24, 2.45) is 0 Å². The van der Waals surface area contributed by atoms with Gasteiger partial charge in [-0.25, -0.2) is 0 Å². The molecule has 0 fully saturated rings. The van der Waals surface area contributed by atoms with Crippen molar-refractivity contribution in [3.63, 3.8) is 0 Å². The molecule has 60 valence electrons. The molecule has 3 heteroatoms. The van der Waals surface area contributed by atoms with Crippen LogP contribution in [0.3, 0.4) is 0 Å². The Bertz CT molecular complexity index is 265. The second kappa shape index (κ2) is 3.22. The largest absolute Gasteiger partial charge is 0.466 e. The third-order valence-electron chi connectivity index (χ3n) is 1.53. The Balaban J connectivity index is 2.84. The van der Waals surface area contributed by atoms with Gasteiger partial charge in [0.2, 0.25) is 4.69 Å². The fourth-order valence-electron chi connectivity index (χ4n) is 0.798. The first-order chi connectivity index (χ1) is 5.11. The van der Waals surface area contributed by atoms with E-state index in [1.54, 1.807) is 6.92 Å². The Morgan fingerprint density at radius 1 is 1.64 bits per heavy atom. The number of carbonyl (C=O) groups excluding carboxylic acids is 1. The maximum absolute atomic E-state index is 10.8. The molecule has 11 heavy (non-hydrogen) atoms. The number of hydrogen-bond donors (Lipinski definition) is 0. The van der Waals surface area contributed by atoms with Gasteiger partial charge >= 0.3 is 0 Å². The van der Waals surface area contributed by atoms with E-state index in [-0.39, 0.29) is 10.6 Å². The molecule has 0 spiro atoms. The van der Waals surface area contributed by atoms with Gasteiger partial charge in [0.05, 0.1) is 5.92 Å². The summed E-state index contributed by atoms with van der Waals surface area (Å²) in [5, 5.41) is 0. The average Bonchev–Trinajstić information content (AvgIpc) is 2.34. The molecule has 0 aliphatic carbocycles. The van der Waals surface area contributed by atoms with Crippen molar-refractivity contribution in [3.05, 3.63) is 23.7 Å². The van der Waals surface area contributed by atoms with E-state index in [0.29, 0.717) is 5.76 Å². The second-order valence-corrected chi connectivity index (χ2v) is 3.26. The summed E-state index contributed by atoms with van der Waals surface area (Å²) in [6.07, 6.45) is 0.